The normalized spacial score (nSPS) is 12.1. The van der Waals surface area contributed by atoms with Crippen LogP contribution in [0.15, 0.2) is 68.3 Å². The van der Waals surface area contributed by atoms with Gasteiger partial charge in [-0.25, -0.2) is 0 Å². The van der Waals surface area contributed by atoms with Crippen LogP contribution in [-0.2, 0) is 41.8 Å². The van der Waals surface area contributed by atoms with Gasteiger partial charge in [-0.15, -0.1) is 19.7 Å². The zero-order valence-electron chi connectivity index (χ0n) is 25.9. The molecule has 0 aliphatic carbocycles. The molecule has 43 heavy (non-hydrogen) atoms. The van der Waals surface area contributed by atoms with Crippen molar-refractivity contribution in [2.24, 2.45) is 0 Å². The van der Waals surface area contributed by atoms with Crippen LogP contribution in [0.4, 0.5) is 0 Å². The van der Waals surface area contributed by atoms with Crippen LogP contribution in [0.25, 0.3) is 0 Å². The number of aryl methyl sites for hydroxylation is 3. The van der Waals surface area contributed by atoms with Gasteiger partial charge < -0.3 is 4.74 Å². The lowest BCUT2D eigenvalue weighted by atomic mass is 9.90. The van der Waals surface area contributed by atoms with E-state index in [9.17, 15) is 14.4 Å². The summed E-state index contributed by atoms with van der Waals surface area (Å²) in [6, 6.07) is 9.70. The number of allylic oxidation sites excluding steroid dienone is 3. The van der Waals surface area contributed by atoms with Gasteiger partial charge in [-0.2, -0.15) is 0 Å². The van der Waals surface area contributed by atoms with Crippen LogP contribution < -0.4 is 5.32 Å². The minimum atomic E-state index is -0.457. The molecule has 0 radical (unpaired) electrons. The number of carbonyl (C=O) groups is 3. The van der Waals surface area contributed by atoms with E-state index in [0.717, 1.165) is 89.0 Å². The molecule has 0 saturated heterocycles. The Hall–Kier alpha value is -3.73. The van der Waals surface area contributed by atoms with E-state index in [1.807, 2.05) is 18.2 Å². The molecule has 3 rings (SSSR count). The van der Waals surface area contributed by atoms with Gasteiger partial charge in [-0.05, 0) is 111 Å². The third kappa shape index (κ3) is 10.8. The number of hydrogen-bond acceptors (Lipinski definition) is 4. The standard InChI is InChI=1S/C38H49NO4/c1-4-7-10-13-16-20-29-25-30(21-17-14-11-8-5-2)34(31(26-29)22-18-15-12-9-6-3)28-43-35(40)27-32-23-19-24-33-36(32)38(42)39-37(33)41/h4-6,19,23-26H,1-3,7-18,20-22,27-28H2,(H,39,41,42). The molecular formula is C38H49NO4. The molecule has 0 fully saturated rings. The highest BCUT2D eigenvalue weighted by Gasteiger charge is 2.29. The molecule has 2 aromatic rings. The maximum absolute atomic E-state index is 13.1. The fraction of sp³-hybridized carbons (Fsp3) is 0.447. The number of rotatable bonds is 22. The Morgan fingerprint density at radius 2 is 1.26 bits per heavy atom. The number of ether oxygens (including phenoxy) is 1. The number of hydrogen-bond donors (Lipinski definition) is 1. The molecule has 1 aliphatic heterocycles. The van der Waals surface area contributed by atoms with Gasteiger partial charge in [0.25, 0.3) is 11.8 Å². The lowest BCUT2D eigenvalue weighted by molar-refractivity contribution is -0.144. The second-order valence-corrected chi connectivity index (χ2v) is 11.5. The minimum absolute atomic E-state index is 0.0551. The van der Waals surface area contributed by atoms with Crippen LogP contribution in [0.3, 0.4) is 0 Å². The van der Waals surface area contributed by atoms with Crippen molar-refractivity contribution in [2.45, 2.75) is 109 Å². The van der Waals surface area contributed by atoms with E-state index in [1.165, 1.54) is 29.5 Å². The lowest BCUT2D eigenvalue weighted by Crippen LogP contribution is -2.20. The summed E-state index contributed by atoms with van der Waals surface area (Å²) in [5.74, 6) is -1.28. The fourth-order valence-electron chi connectivity index (χ4n) is 5.80. The Balaban J connectivity index is 1.79. The molecule has 0 unspecified atom stereocenters. The molecule has 0 atom stereocenters. The first-order chi connectivity index (χ1) is 21.0. The van der Waals surface area contributed by atoms with E-state index < -0.39 is 17.8 Å². The summed E-state index contributed by atoms with van der Waals surface area (Å²) in [7, 11) is 0. The van der Waals surface area contributed by atoms with E-state index in [-0.39, 0.29) is 18.6 Å². The van der Waals surface area contributed by atoms with Crippen molar-refractivity contribution in [1.82, 2.24) is 5.32 Å². The van der Waals surface area contributed by atoms with E-state index in [4.69, 9.17) is 4.74 Å². The van der Waals surface area contributed by atoms with Crippen molar-refractivity contribution < 1.29 is 19.1 Å². The number of unbranched alkanes of at least 4 members (excludes halogenated alkanes) is 9. The van der Waals surface area contributed by atoms with Gasteiger partial charge in [0.15, 0.2) is 0 Å². The maximum Gasteiger partial charge on any atom is 0.310 e. The maximum atomic E-state index is 13.1. The van der Waals surface area contributed by atoms with Gasteiger partial charge in [0.05, 0.1) is 17.5 Å². The zero-order valence-corrected chi connectivity index (χ0v) is 25.9. The highest BCUT2D eigenvalue weighted by molar-refractivity contribution is 6.22. The first-order valence-electron chi connectivity index (χ1n) is 16.1. The van der Waals surface area contributed by atoms with Crippen molar-refractivity contribution in [2.75, 3.05) is 0 Å². The molecule has 0 saturated carbocycles. The van der Waals surface area contributed by atoms with Crippen LogP contribution in [0.2, 0.25) is 0 Å². The number of carbonyl (C=O) groups excluding carboxylic acids is 3. The number of nitrogens with one attached hydrogen (secondary N) is 1. The molecule has 2 aromatic carbocycles. The SMILES string of the molecule is C=CCCCCCc1cc(CCCCCC=C)c(COC(=O)Cc2cccc3c2C(=O)NC3=O)c(CCCCCC=C)c1. The second-order valence-electron chi connectivity index (χ2n) is 11.5. The van der Waals surface area contributed by atoms with Gasteiger partial charge in [-0.1, -0.05) is 61.8 Å². The van der Waals surface area contributed by atoms with Crippen LogP contribution in [-0.4, -0.2) is 17.8 Å². The van der Waals surface area contributed by atoms with Gasteiger partial charge >= 0.3 is 5.97 Å². The molecule has 0 aromatic heterocycles. The molecule has 5 heteroatoms. The fourth-order valence-corrected chi connectivity index (χ4v) is 5.80. The van der Waals surface area contributed by atoms with Crippen LogP contribution in [0.5, 0.6) is 0 Å². The van der Waals surface area contributed by atoms with Gasteiger partial charge in [0.2, 0.25) is 0 Å². The van der Waals surface area contributed by atoms with Crippen LogP contribution >= 0.6 is 0 Å². The molecule has 1 aliphatic rings. The Kier molecular flexibility index (Phi) is 14.7. The van der Waals surface area contributed by atoms with Crippen LogP contribution in [0.1, 0.15) is 126 Å². The molecule has 0 spiro atoms. The summed E-state index contributed by atoms with van der Waals surface area (Å²) in [6.45, 7) is 11.7. The zero-order chi connectivity index (χ0) is 30.9. The first-order valence-corrected chi connectivity index (χ1v) is 16.1. The average Bonchev–Trinajstić information content (AvgIpc) is 3.29. The Bertz CT molecular complexity index is 1240. The summed E-state index contributed by atoms with van der Waals surface area (Å²) in [5, 5.41) is 2.32. The Labute approximate surface area is 258 Å². The molecular weight excluding hydrogens is 534 g/mol. The van der Waals surface area contributed by atoms with Gasteiger partial charge in [0, 0.05) is 0 Å². The minimum Gasteiger partial charge on any atom is -0.461 e. The molecule has 1 heterocycles. The van der Waals surface area contributed by atoms with Crippen molar-refractivity contribution in [1.29, 1.82) is 0 Å². The highest BCUT2D eigenvalue weighted by Crippen LogP contribution is 2.26. The van der Waals surface area contributed by atoms with Crippen molar-refractivity contribution in [3.05, 3.63) is 107 Å². The number of fused-ring (bicyclic) bond motifs is 1. The van der Waals surface area contributed by atoms with Crippen molar-refractivity contribution in [3.8, 4) is 0 Å². The smallest absolute Gasteiger partial charge is 0.310 e. The summed E-state index contributed by atoms with van der Waals surface area (Å²) in [5.41, 5.74) is 6.16. The Morgan fingerprint density at radius 3 is 1.81 bits per heavy atom. The van der Waals surface area contributed by atoms with Crippen molar-refractivity contribution >= 4 is 17.8 Å². The summed E-state index contributed by atoms with van der Waals surface area (Å²) >= 11 is 0. The molecule has 230 valence electrons. The average molecular weight is 584 g/mol. The quantitative estimate of drug-likeness (QED) is 0.0651. The molecule has 1 N–H and O–H groups in total. The van der Waals surface area contributed by atoms with E-state index in [1.54, 1.807) is 18.2 Å². The van der Waals surface area contributed by atoms with Crippen molar-refractivity contribution in [3.63, 3.8) is 0 Å². The predicted octanol–water partition coefficient (Wildman–Crippen LogP) is 8.72. The third-order valence-corrected chi connectivity index (χ3v) is 8.14. The predicted molar refractivity (Wildman–Crippen MR) is 175 cm³/mol. The summed E-state index contributed by atoms with van der Waals surface area (Å²) in [4.78, 5) is 37.5. The summed E-state index contributed by atoms with van der Waals surface area (Å²) < 4.78 is 5.90. The van der Waals surface area contributed by atoms with Gasteiger partial charge in [-0.3, -0.25) is 19.7 Å². The number of benzene rings is 2. The van der Waals surface area contributed by atoms with E-state index in [2.05, 4.69) is 37.2 Å². The number of esters is 1. The summed E-state index contributed by atoms with van der Waals surface area (Å²) in [6.07, 6.45) is 22.1. The molecule has 5 nitrogen and oxygen atoms in total. The molecule has 0 bridgehead atoms. The Morgan fingerprint density at radius 1 is 0.698 bits per heavy atom. The number of amides is 2. The second kappa shape index (κ2) is 18.7. The van der Waals surface area contributed by atoms with Crippen LogP contribution in [0, 0.1) is 0 Å². The first kappa shape index (κ1) is 33.8. The lowest BCUT2D eigenvalue weighted by Gasteiger charge is -2.18. The monoisotopic (exact) mass is 583 g/mol. The van der Waals surface area contributed by atoms with E-state index >= 15 is 0 Å². The topological polar surface area (TPSA) is 72.5 Å². The van der Waals surface area contributed by atoms with E-state index in [0.29, 0.717) is 11.1 Å². The third-order valence-electron chi connectivity index (χ3n) is 8.14. The molecule has 2 amide bonds. The van der Waals surface area contributed by atoms with Gasteiger partial charge in [0.1, 0.15) is 6.61 Å². The highest BCUT2D eigenvalue weighted by atomic mass is 16.5. The number of imide groups is 1. The largest absolute Gasteiger partial charge is 0.461 e.